The first-order chi connectivity index (χ1) is 27.6. The van der Waals surface area contributed by atoms with Gasteiger partial charge in [-0.05, 0) is 130 Å². The van der Waals surface area contributed by atoms with Gasteiger partial charge < -0.3 is 9.80 Å². The second-order valence-corrected chi connectivity index (χ2v) is 14.7. The van der Waals surface area contributed by atoms with Gasteiger partial charge in [0, 0.05) is 33.7 Å². The Labute approximate surface area is 329 Å². The molecule has 56 heavy (non-hydrogen) atoms. The van der Waals surface area contributed by atoms with Crippen LogP contribution >= 0.6 is 0 Å². The van der Waals surface area contributed by atoms with E-state index in [1.165, 1.54) is 77.8 Å². The highest BCUT2D eigenvalue weighted by Crippen LogP contribution is 2.54. The van der Waals surface area contributed by atoms with Crippen molar-refractivity contribution in [2.24, 2.45) is 0 Å². The fourth-order valence-electron chi connectivity index (χ4n) is 8.58. The summed E-state index contributed by atoms with van der Waals surface area (Å²) in [7, 11) is 0. The molecule has 2 nitrogen and oxygen atoms in total. The summed E-state index contributed by atoms with van der Waals surface area (Å²) in [6, 6.07) is 74.9. The van der Waals surface area contributed by atoms with Gasteiger partial charge in [-0.3, -0.25) is 0 Å². The van der Waals surface area contributed by atoms with E-state index in [-0.39, 0.29) is 0 Å². The van der Waals surface area contributed by atoms with Crippen molar-refractivity contribution in [3.8, 4) is 44.5 Å². The molecule has 0 amide bonds. The van der Waals surface area contributed by atoms with Crippen LogP contribution in [0.5, 0.6) is 0 Å². The summed E-state index contributed by atoms with van der Waals surface area (Å²) >= 11 is 0. The standard InChI is InChI=1S/C54H40N2/c1-37-15-12-13-22-47(37)53-38(2)35-52-54-48(23-14-24-49(53)54)50-36-46(33-34-51(50)56(52)43-20-10-5-11-21-43)55(44-29-25-41(26-30-44)39-16-6-3-7-17-39)45-31-27-42(28-32-45)40-18-8-4-9-19-40/h3-36H,1-2H3. The van der Waals surface area contributed by atoms with Crippen LogP contribution in [0.4, 0.5) is 34.1 Å². The van der Waals surface area contributed by atoms with E-state index in [4.69, 9.17) is 0 Å². The van der Waals surface area contributed by atoms with Gasteiger partial charge in [-0.15, -0.1) is 0 Å². The molecule has 0 saturated carbocycles. The third kappa shape index (κ3) is 5.75. The molecule has 1 aliphatic rings. The molecule has 0 saturated heterocycles. The van der Waals surface area contributed by atoms with Crippen molar-refractivity contribution in [2.45, 2.75) is 13.8 Å². The third-order valence-corrected chi connectivity index (χ3v) is 11.2. The molecule has 266 valence electrons. The van der Waals surface area contributed by atoms with E-state index < -0.39 is 0 Å². The van der Waals surface area contributed by atoms with Crippen molar-refractivity contribution in [2.75, 3.05) is 9.80 Å². The van der Waals surface area contributed by atoms with Crippen LogP contribution in [-0.2, 0) is 0 Å². The largest absolute Gasteiger partial charge is 0.310 e. The molecular formula is C54H40N2. The molecular weight excluding hydrogens is 677 g/mol. The summed E-state index contributed by atoms with van der Waals surface area (Å²) in [5.74, 6) is 0. The van der Waals surface area contributed by atoms with Gasteiger partial charge in [0.05, 0.1) is 11.4 Å². The number of hydrogen-bond donors (Lipinski definition) is 0. The van der Waals surface area contributed by atoms with Crippen LogP contribution in [0.3, 0.4) is 0 Å². The lowest BCUT2D eigenvalue weighted by Gasteiger charge is -2.36. The van der Waals surface area contributed by atoms with E-state index in [0.717, 1.165) is 22.7 Å². The summed E-state index contributed by atoms with van der Waals surface area (Å²) < 4.78 is 0. The SMILES string of the molecule is Cc1ccccc1-c1c(C)cc2c3c(cccc13)-c1cc(N(c3ccc(-c4ccccc4)cc3)c3ccc(-c4ccccc4)cc3)ccc1N2c1ccccc1. The van der Waals surface area contributed by atoms with Gasteiger partial charge in [0.1, 0.15) is 0 Å². The fourth-order valence-corrected chi connectivity index (χ4v) is 8.58. The van der Waals surface area contributed by atoms with E-state index in [9.17, 15) is 0 Å². The number of nitrogens with zero attached hydrogens (tertiary/aromatic N) is 2. The molecule has 10 rings (SSSR count). The lowest BCUT2D eigenvalue weighted by atomic mass is 9.84. The van der Waals surface area contributed by atoms with Gasteiger partial charge in [0.25, 0.3) is 0 Å². The average molecular weight is 717 g/mol. The molecule has 1 aliphatic heterocycles. The first-order valence-electron chi connectivity index (χ1n) is 19.4. The number of rotatable bonds is 7. The molecule has 0 aromatic heterocycles. The number of hydrogen-bond acceptors (Lipinski definition) is 2. The molecule has 0 bridgehead atoms. The number of para-hydroxylation sites is 1. The Balaban J connectivity index is 1.19. The molecule has 0 fully saturated rings. The van der Waals surface area contributed by atoms with E-state index in [1.54, 1.807) is 0 Å². The van der Waals surface area contributed by atoms with E-state index in [2.05, 4.69) is 230 Å². The Bertz CT molecular complexity index is 2760. The van der Waals surface area contributed by atoms with Gasteiger partial charge in [0.15, 0.2) is 0 Å². The zero-order chi connectivity index (χ0) is 37.6. The Morgan fingerprint density at radius 3 is 1.48 bits per heavy atom. The smallest absolute Gasteiger partial charge is 0.0549 e. The summed E-state index contributed by atoms with van der Waals surface area (Å²) in [4.78, 5) is 4.84. The lowest BCUT2D eigenvalue weighted by Crippen LogP contribution is -2.17. The van der Waals surface area contributed by atoms with Gasteiger partial charge in [-0.25, -0.2) is 0 Å². The second kappa shape index (κ2) is 13.9. The summed E-state index contributed by atoms with van der Waals surface area (Å²) in [6.45, 7) is 4.48. The van der Waals surface area contributed by atoms with E-state index >= 15 is 0 Å². The molecule has 1 heterocycles. The van der Waals surface area contributed by atoms with Crippen LogP contribution in [0.15, 0.2) is 206 Å². The highest BCUT2D eigenvalue weighted by Gasteiger charge is 2.29. The molecule has 0 N–H and O–H groups in total. The van der Waals surface area contributed by atoms with Crippen molar-refractivity contribution in [1.29, 1.82) is 0 Å². The minimum absolute atomic E-state index is 1.10. The normalized spacial score (nSPS) is 11.7. The number of benzene rings is 9. The fraction of sp³-hybridized carbons (Fsp3) is 0.0370. The number of anilines is 6. The summed E-state index contributed by atoms with van der Waals surface area (Å²) in [5, 5.41) is 2.55. The van der Waals surface area contributed by atoms with Gasteiger partial charge in [-0.2, -0.15) is 0 Å². The third-order valence-electron chi connectivity index (χ3n) is 11.2. The second-order valence-electron chi connectivity index (χ2n) is 14.7. The lowest BCUT2D eigenvalue weighted by molar-refractivity contribution is 1.25. The zero-order valence-corrected chi connectivity index (χ0v) is 31.5. The molecule has 9 aromatic carbocycles. The van der Waals surface area contributed by atoms with Gasteiger partial charge >= 0.3 is 0 Å². The van der Waals surface area contributed by atoms with Crippen molar-refractivity contribution < 1.29 is 0 Å². The molecule has 0 atom stereocenters. The Kier molecular flexibility index (Phi) is 8.30. The minimum atomic E-state index is 1.10. The Morgan fingerprint density at radius 1 is 0.357 bits per heavy atom. The van der Waals surface area contributed by atoms with Gasteiger partial charge in [-0.1, -0.05) is 146 Å². The summed E-state index contributed by atoms with van der Waals surface area (Å²) in [6.07, 6.45) is 0. The predicted octanol–water partition coefficient (Wildman–Crippen LogP) is 15.4. The molecule has 2 heteroatoms. The van der Waals surface area contributed by atoms with Crippen molar-refractivity contribution in [3.63, 3.8) is 0 Å². The highest BCUT2D eigenvalue weighted by molar-refractivity contribution is 6.18. The maximum absolute atomic E-state index is 2.46. The maximum Gasteiger partial charge on any atom is 0.0549 e. The van der Waals surface area contributed by atoms with Crippen LogP contribution in [-0.4, -0.2) is 0 Å². The summed E-state index contributed by atoms with van der Waals surface area (Å²) in [5.41, 5.74) is 19.2. The Hall–Kier alpha value is -7.16. The monoisotopic (exact) mass is 716 g/mol. The van der Waals surface area contributed by atoms with E-state index in [1.807, 2.05) is 0 Å². The van der Waals surface area contributed by atoms with Crippen LogP contribution in [0.1, 0.15) is 11.1 Å². The molecule has 0 spiro atoms. The minimum Gasteiger partial charge on any atom is -0.310 e. The quantitative estimate of drug-likeness (QED) is 0.162. The first kappa shape index (κ1) is 33.4. The number of fused-ring (bicyclic) bond motifs is 2. The highest BCUT2D eigenvalue weighted by atomic mass is 15.2. The van der Waals surface area contributed by atoms with Crippen molar-refractivity contribution in [1.82, 2.24) is 0 Å². The van der Waals surface area contributed by atoms with E-state index in [0.29, 0.717) is 0 Å². The topological polar surface area (TPSA) is 6.48 Å². The Morgan fingerprint density at radius 2 is 0.875 bits per heavy atom. The molecule has 0 radical (unpaired) electrons. The van der Waals surface area contributed by atoms with Crippen LogP contribution < -0.4 is 9.80 Å². The van der Waals surface area contributed by atoms with Gasteiger partial charge in [0.2, 0.25) is 0 Å². The average Bonchev–Trinajstić information content (AvgIpc) is 3.26. The molecule has 0 aliphatic carbocycles. The zero-order valence-electron chi connectivity index (χ0n) is 31.5. The van der Waals surface area contributed by atoms with Crippen LogP contribution in [0.2, 0.25) is 0 Å². The van der Waals surface area contributed by atoms with Crippen LogP contribution in [0, 0.1) is 13.8 Å². The predicted molar refractivity (Wildman–Crippen MR) is 238 cm³/mol. The maximum atomic E-state index is 2.46. The van der Waals surface area contributed by atoms with Crippen LogP contribution in [0.25, 0.3) is 55.3 Å². The van der Waals surface area contributed by atoms with Crippen molar-refractivity contribution >= 4 is 44.9 Å². The molecule has 9 aromatic rings. The number of aryl methyl sites for hydroxylation is 2. The van der Waals surface area contributed by atoms with Crippen molar-refractivity contribution in [3.05, 3.63) is 217 Å². The first-order valence-corrected chi connectivity index (χ1v) is 19.4. The molecule has 0 unspecified atom stereocenters.